The number of nitrogens with one attached hydrogen (secondary N) is 1. The zero-order valence-electron chi connectivity index (χ0n) is 11.9. The number of thiazole rings is 1. The smallest absolute Gasteiger partial charge is 0.0945 e. The summed E-state index contributed by atoms with van der Waals surface area (Å²) >= 11 is 1.78. The highest BCUT2D eigenvalue weighted by Crippen LogP contribution is 2.22. The number of hydrogen-bond donors (Lipinski definition) is 1. The summed E-state index contributed by atoms with van der Waals surface area (Å²) in [4.78, 5) is 7.29. The van der Waals surface area contributed by atoms with Crippen molar-refractivity contribution in [3.05, 3.63) is 40.2 Å². The summed E-state index contributed by atoms with van der Waals surface area (Å²) in [6, 6.07) is 8.61. The van der Waals surface area contributed by atoms with Crippen LogP contribution in [0.2, 0.25) is 0 Å². The van der Waals surface area contributed by atoms with Crippen LogP contribution in [-0.2, 0) is 6.42 Å². The third-order valence-electron chi connectivity index (χ3n) is 3.75. The van der Waals surface area contributed by atoms with E-state index in [0.29, 0.717) is 0 Å². The van der Waals surface area contributed by atoms with Crippen LogP contribution in [-0.4, -0.2) is 42.6 Å². The van der Waals surface area contributed by atoms with Gasteiger partial charge in [0.2, 0.25) is 0 Å². The maximum Gasteiger partial charge on any atom is 0.0945 e. The van der Waals surface area contributed by atoms with E-state index in [1.807, 2.05) is 0 Å². The van der Waals surface area contributed by atoms with Crippen molar-refractivity contribution in [1.82, 2.24) is 15.2 Å². The average molecular weight is 287 g/mol. The van der Waals surface area contributed by atoms with E-state index < -0.39 is 0 Å². The summed E-state index contributed by atoms with van der Waals surface area (Å²) in [7, 11) is 0. The quantitative estimate of drug-likeness (QED) is 0.937. The van der Waals surface area contributed by atoms with Gasteiger partial charge < -0.3 is 10.2 Å². The second kappa shape index (κ2) is 6.48. The molecule has 1 aromatic heterocycles. The van der Waals surface area contributed by atoms with Crippen LogP contribution >= 0.6 is 11.3 Å². The van der Waals surface area contributed by atoms with Gasteiger partial charge >= 0.3 is 0 Å². The zero-order valence-corrected chi connectivity index (χ0v) is 12.7. The summed E-state index contributed by atoms with van der Waals surface area (Å²) < 4.78 is 0. The normalized spacial score (nSPS) is 16.4. The molecule has 1 saturated heterocycles. The number of nitrogens with zero attached hydrogens (tertiary/aromatic N) is 2. The van der Waals surface area contributed by atoms with E-state index in [1.54, 1.807) is 11.3 Å². The molecular formula is C16H21N3S. The highest BCUT2D eigenvalue weighted by atomic mass is 32.1. The molecule has 0 unspecified atom stereocenters. The molecule has 0 radical (unpaired) electrons. The molecule has 1 fully saturated rings. The number of piperazine rings is 1. The summed E-state index contributed by atoms with van der Waals surface area (Å²) in [5, 5.41) is 6.82. The van der Waals surface area contributed by atoms with Gasteiger partial charge in [0.05, 0.1) is 10.7 Å². The van der Waals surface area contributed by atoms with Crippen molar-refractivity contribution >= 4 is 11.3 Å². The van der Waals surface area contributed by atoms with Crippen molar-refractivity contribution in [3.63, 3.8) is 0 Å². The molecule has 3 nitrogen and oxygen atoms in total. The fourth-order valence-electron chi connectivity index (χ4n) is 2.47. The Kier molecular flexibility index (Phi) is 4.45. The Balaban J connectivity index is 1.60. The van der Waals surface area contributed by atoms with Gasteiger partial charge in [-0.2, -0.15) is 0 Å². The maximum absolute atomic E-state index is 4.77. The van der Waals surface area contributed by atoms with E-state index in [9.17, 15) is 0 Å². The van der Waals surface area contributed by atoms with Crippen molar-refractivity contribution in [2.45, 2.75) is 13.3 Å². The molecule has 4 heteroatoms. The molecule has 1 N–H and O–H groups in total. The molecule has 2 heterocycles. The van der Waals surface area contributed by atoms with Gasteiger partial charge in [0, 0.05) is 50.1 Å². The average Bonchev–Trinajstić information content (AvgIpc) is 2.96. The second-order valence-electron chi connectivity index (χ2n) is 5.33. The first-order valence-electron chi connectivity index (χ1n) is 7.26. The molecule has 0 atom stereocenters. The SMILES string of the molecule is Cc1ccc(-c2csc(CCN3CCNCC3)n2)cc1. The third kappa shape index (κ3) is 3.45. The summed E-state index contributed by atoms with van der Waals surface area (Å²) in [5.41, 5.74) is 3.63. The first kappa shape index (κ1) is 13.7. The van der Waals surface area contributed by atoms with Crippen LogP contribution in [0.3, 0.4) is 0 Å². The standard InChI is InChI=1S/C16H21N3S/c1-13-2-4-14(5-3-13)15-12-20-16(18-15)6-9-19-10-7-17-8-11-19/h2-5,12,17H,6-11H2,1H3. The van der Waals surface area contributed by atoms with Crippen LogP contribution in [0.4, 0.5) is 0 Å². The minimum atomic E-state index is 1.07. The van der Waals surface area contributed by atoms with Crippen LogP contribution in [0.5, 0.6) is 0 Å². The predicted octanol–water partition coefficient (Wildman–Crippen LogP) is 2.57. The van der Waals surface area contributed by atoms with Crippen LogP contribution < -0.4 is 5.32 Å². The zero-order chi connectivity index (χ0) is 13.8. The predicted molar refractivity (Wildman–Crippen MR) is 85.3 cm³/mol. The van der Waals surface area contributed by atoms with E-state index in [4.69, 9.17) is 4.98 Å². The minimum Gasteiger partial charge on any atom is -0.314 e. The molecule has 3 rings (SSSR count). The van der Waals surface area contributed by atoms with Crippen LogP contribution in [0.1, 0.15) is 10.6 Å². The molecule has 20 heavy (non-hydrogen) atoms. The molecule has 0 saturated carbocycles. The fraction of sp³-hybridized carbons (Fsp3) is 0.438. The Morgan fingerprint density at radius 2 is 1.95 bits per heavy atom. The maximum atomic E-state index is 4.77. The van der Waals surface area contributed by atoms with Crippen molar-refractivity contribution < 1.29 is 0 Å². The fourth-order valence-corrected chi connectivity index (χ4v) is 3.27. The second-order valence-corrected chi connectivity index (χ2v) is 6.28. The van der Waals surface area contributed by atoms with Crippen molar-refractivity contribution in [2.24, 2.45) is 0 Å². The Hall–Kier alpha value is -1.23. The lowest BCUT2D eigenvalue weighted by atomic mass is 10.1. The van der Waals surface area contributed by atoms with Gasteiger partial charge in [-0.25, -0.2) is 4.98 Å². The van der Waals surface area contributed by atoms with E-state index in [1.165, 1.54) is 16.1 Å². The first-order valence-corrected chi connectivity index (χ1v) is 8.14. The van der Waals surface area contributed by atoms with E-state index in [0.717, 1.165) is 44.8 Å². The Morgan fingerprint density at radius 1 is 1.20 bits per heavy atom. The molecular weight excluding hydrogens is 266 g/mol. The number of hydrogen-bond acceptors (Lipinski definition) is 4. The lowest BCUT2D eigenvalue weighted by Crippen LogP contribution is -2.44. The highest BCUT2D eigenvalue weighted by molar-refractivity contribution is 7.09. The first-order chi connectivity index (χ1) is 9.81. The van der Waals surface area contributed by atoms with Gasteiger partial charge in [-0.15, -0.1) is 11.3 Å². The molecule has 2 aromatic rings. The lowest BCUT2D eigenvalue weighted by Gasteiger charge is -2.26. The van der Waals surface area contributed by atoms with Crippen LogP contribution in [0.15, 0.2) is 29.6 Å². The number of benzene rings is 1. The molecule has 0 amide bonds. The van der Waals surface area contributed by atoms with Gasteiger partial charge in [0.25, 0.3) is 0 Å². The van der Waals surface area contributed by atoms with Crippen molar-refractivity contribution in [2.75, 3.05) is 32.7 Å². The van der Waals surface area contributed by atoms with Gasteiger partial charge in [0.1, 0.15) is 0 Å². The van der Waals surface area contributed by atoms with Gasteiger partial charge in [0.15, 0.2) is 0 Å². The number of rotatable bonds is 4. The molecule has 1 aromatic carbocycles. The topological polar surface area (TPSA) is 28.2 Å². The third-order valence-corrected chi connectivity index (χ3v) is 4.66. The largest absolute Gasteiger partial charge is 0.314 e. The molecule has 0 spiro atoms. The highest BCUT2D eigenvalue weighted by Gasteiger charge is 2.10. The minimum absolute atomic E-state index is 1.07. The van der Waals surface area contributed by atoms with Crippen LogP contribution in [0, 0.1) is 6.92 Å². The summed E-state index contributed by atoms with van der Waals surface area (Å²) in [6.45, 7) is 7.80. The Morgan fingerprint density at radius 3 is 2.70 bits per heavy atom. The van der Waals surface area contributed by atoms with Gasteiger partial charge in [-0.3, -0.25) is 0 Å². The number of aryl methyl sites for hydroxylation is 1. The molecule has 0 bridgehead atoms. The van der Waals surface area contributed by atoms with Gasteiger partial charge in [-0.1, -0.05) is 29.8 Å². The monoisotopic (exact) mass is 287 g/mol. The molecule has 106 valence electrons. The summed E-state index contributed by atoms with van der Waals surface area (Å²) in [6.07, 6.45) is 1.07. The van der Waals surface area contributed by atoms with Gasteiger partial charge in [-0.05, 0) is 6.92 Å². The van der Waals surface area contributed by atoms with Crippen molar-refractivity contribution in [1.29, 1.82) is 0 Å². The summed E-state index contributed by atoms with van der Waals surface area (Å²) in [5.74, 6) is 0. The van der Waals surface area contributed by atoms with Crippen LogP contribution in [0.25, 0.3) is 11.3 Å². The van der Waals surface area contributed by atoms with Crippen molar-refractivity contribution in [3.8, 4) is 11.3 Å². The molecule has 0 aliphatic carbocycles. The lowest BCUT2D eigenvalue weighted by molar-refractivity contribution is 0.244. The molecule has 1 aliphatic heterocycles. The Labute approximate surface area is 124 Å². The molecule has 1 aliphatic rings. The van der Waals surface area contributed by atoms with E-state index >= 15 is 0 Å². The Bertz CT molecular complexity index is 541. The number of aromatic nitrogens is 1. The van der Waals surface area contributed by atoms with E-state index in [-0.39, 0.29) is 0 Å². The van der Waals surface area contributed by atoms with E-state index in [2.05, 4.69) is 46.8 Å².